The van der Waals surface area contributed by atoms with Crippen LogP contribution >= 0.6 is 11.3 Å². The predicted octanol–water partition coefficient (Wildman–Crippen LogP) is 16.2. The summed E-state index contributed by atoms with van der Waals surface area (Å²) < 4.78 is 11.9. The Labute approximate surface area is 376 Å². The van der Waals surface area contributed by atoms with Gasteiger partial charge in [0.1, 0.15) is 5.58 Å². The van der Waals surface area contributed by atoms with Crippen molar-refractivity contribution in [3.8, 4) is 51.0 Å². The van der Waals surface area contributed by atoms with E-state index in [9.17, 15) is 0 Å². The number of nitrogens with zero attached hydrogens (tertiary/aromatic N) is 4. The van der Waals surface area contributed by atoms with Gasteiger partial charge in [0.15, 0.2) is 23.1 Å². The van der Waals surface area contributed by atoms with Gasteiger partial charge in [-0.15, -0.1) is 11.3 Å². The summed E-state index contributed by atoms with van der Waals surface area (Å²) in [7, 11) is 0. The molecule has 0 amide bonds. The Morgan fingerprint density at radius 2 is 0.954 bits per heavy atom. The number of furan rings is 1. The molecule has 0 bridgehead atoms. The number of rotatable bonds is 5. The van der Waals surface area contributed by atoms with Crippen molar-refractivity contribution >= 4 is 96.8 Å². The van der Waals surface area contributed by atoms with Crippen molar-refractivity contribution in [1.82, 2.24) is 19.5 Å². The van der Waals surface area contributed by atoms with Crippen molar-refractivity contribution in [1.29, 1.82) is 0 Å². The molecule has 5 nitrogen and oxygen atoms in total. The molecule has 0 aliphatic rings. The molecular formula is C59H34N4OS. The number of thiophene rings is 1. The predicted molar refractivity (Wildman–Crippen MR) is 271 cm³/mol. The summed E-state index contributed by atoms with van der Waals surface area (Å²) in [5, 5.41) is 11.3. The highest BCUT2D eigenvalue weighted by Gasteiger charge is 2.24. The zero-order valence-corrected chi connectivity index (χ0v) is 35.6. The van der Waals surface area contributed by atoms with Gasteiger partial charge in [-0.3, -0.25) is 0 Å². The van der Waals surface area contributed by atoms with E-state index in [0.29, 0.717) is 17.5 Å². The first kappa shape index (κ1) is 36.1. The van der Waals surface area contributed by atoms with Crippen molar-refractivity contribution in [3.05, 3.63) is 206 Å². The molecule has 10 aromatic carbocycles. The molecule has 0 N–H and O–H groups in total. The van der Waals surface area contributed by atoms with Gasteiger partial charge in [-0.25, -0.2) is 15.0 Å². The van der Waals surface area contributed by atoms with Crippen molar-refractivity contribution in [2.75, 3.05) is 0 Å². The van der Waals surface area contributed by atoms with Gasteiger partial charge in [0.25, 0.3) is 0 Å². The Balaban J connectivity index is 1.07. The third-order valence-corrected chi connectivity index (χ3v) is 14.2. The summed E-state index contributed by atoms with van der Waals surface area (Å²) in [4.78, 5) is 16.2. The third kappa shape index (κ3) is 5.61. The Morgan fingerprint density at radius 3 is 1.74 bits per heavy atom. The molecule has 0 radical (unpaired) electrons. The van der Waals surface area contributed by atoms with Crippen LogP contribution in [0.15, 0.2) is 211 Å². The summed E-state index contributed by atoms with van der Waals surface area (Å²) in [6.07, 6.45) is 0. The molecule has 0 atom stereocenters. The first-order valence-electron chi connectivity index (χ1n) is 21.8. The van der Waals surface area contributed by atoms with Gasteiger partial charge in [0.2, 0.25) is 0 Å². The van der Waals surface area contributed by atoms with Gasteiger partial charge in [-0.2, -0.15) is 0 Å². The summed E-state index contributed by atoms with van der Waals surface area (Å²) in [6.45, 7) is 0. The van der Waals surface area contributed by atoms with E-state index in [1.807, 2.05) is 6.07 Å². The highest BCUT2D eigenvalue weighted by Crippen LogP contribution is 2.45. The molecular weight excluding hydrogens is 813 g/mol. The second kappa shape index (κ2) is 14.0. The number of benzene rings is 10. The van der Waals surface area contributed by atoms with Crippen LogP contribution in [0.2, 0.25) is 0 Å². The minimum absolute atomic E-state index is 0.578. The number of para-hydroxylation sites is 1. The van der Waals surface area contributed by atoms with Crippen LogP contribution in [0.25, 0.3) is 136 Å². The molecule has 0 unspecified atom stereocenters. The van der Waals surface area contributed by atoms with Crippen molar-refractivity contribution < 1.29 is 4.42 Å². The van der Waals surface area contributed by atoms with Crippen LogP contribution in [-0.4, -0.2) is 19.5 Å². The second-order valence-corrected chi connectivity index (χ2v) is 17.8. The van der Waals surface area contributed by atoms with Crippen LogP contribution in [0.5, 0.6) is 0 Å². The quantitative estimate of drug-likeness (QED) is 0.173. The first-order chi connectivity index (χ1) is 32.2. The van der Waals surface area contributed by atoms with E-state index >= 15 is 0 Å². The average Bonchev–Trinajstić information content (AvgIpc) is 4.04. The lowest BCUT2D eigenvalue weighted by Crippen LogP contribution is -2.01. The number of fused-ring (bicyclic) bond motifs is 11. The zero-order valence-electron chi connectivity index (χ0n) is 34.7. The summed E-state index contributed by atoms with van der Waals surface area (Å²) in [5.41, 5.74) is 9.79. The molecule has 4 aromatic heterocycles. The standard InChI is InChI=1S/C59H34N4OS/c1-2-13-35(14-3-1)36-25-27-37(28-26-36)57-60-58(44-21-12-24-53-54(44)43-20-9-11-23-52(43)65-53)62-59(61-57)45-29-30-49(56-55(45)47-32-39-16-5-7-18-41(39)34-51(47)64-56)63-48-22-10-8-19-42(48)46-31-38-15-4-6-17-40(38)33-50(46)63/h1-34H. The monoisotopic (exact) mass is 846 g/mol. The van der Waals surface area contributed by atoms with E-state index in [-0.39, 0.29) is 0 Å². The lowest BCUT2D eigenvalue weighted by Gasteiger charge is -2.13. The average molecular weight is 847 g/mol. The number of aromatic nitrogens is 4. The highest BCUT2D eigenvalue weighted by molar-refractivity contribution is 7.25. The smallest absolute Gasteiger partial charge is 0.164 e. The first-order valence-corrected chi connectivity index (χ1v) is 22.7. The highest BCUT2D eigenvalue weighted by atomic mass is 32.1. The summed E-state index contributed by atoms with van der Waals surface area (Å²) >= 11 is 1.79. The van der Waals surface area contributed by atoms with E-state index in [4.69, 9.17) is 19.4 Å². The normalized spacial score (nSPS) is 12.0. The lowest BCUT2D eigenvalue weighted by atomic mass is 10.0. The van der Waals surface area contributed by atoms with Gasteiger partial charge >= 0.3 is 0 Å². The molecule has 0 aliphatic carbocycles. The Hall–Kier alpha value is -8.45. The van der Waals surface area contributed by atoms with E-state index in [1.54, 1.807) is 11.3 Å². The van der Waals surface area contributed by atoms with Crippen LogP contribution in [0.1, 0.15) is 0 Å². The fraction of sp³-hybridized carbons (Fsp3) is 0. The molecule has 0 spiro atoms. The molecule has 14 aromatic rings. The maximum atomic E-state index is 7.15. The molecule has 0 saturated carbocycles. The third-order valence-electron chi connectivity index (χ3n) is 13.0. The van der Waals surface area contributed by atoms with Crippen LogP contribution < -0.4 is 0 Å². The Kier molecular flexibility index (Phi) is 7.79. The second-order valence-electron chi connectivity index (χ2n) is 16.7. The Bertz CT molecular complexity index is 4240. The fourth-order valence-electron chi connectivity index (χ4n) is 9.98. The van der Waals surface area contributed by atoms with Gasteiger partial charge in [-0.05, 0) is 87.3 Å². The SMILES string of the molecule is c1ccc(-c2ccc(-c3nc(-c4cccc5sc6ccccc6c45)nc(-c4ccc(-n5c6ccccc6c6cc7ccccc7cc65)c5oc6cc7ccccc7cc6c45)n3)cc2)cc1. The van der Waals surface area contributed by atoms with Crippen molar-refractivity contribution in [2.24, 2.45) is 0 Å². The number of hydrogen-bond acceptors (Lipinski definition) is 5. The lowest BCUT2D eigenvalue weighted by molar-refractivity contribution is 0.667. The summed E-state index contributed by atoms with van der Waals surface area (Å²) in [5.74, 6) is 1.80. The molecule has 14 rings (SSSR count). The van der Waals surface area contributed by atoms with E-state index in [0.717, 1.165) is 82.6 Å². The molecule has 4 heterocycles. The van der Waals surface area contributed by atoms with Crippen LogP contribution in [0.3, 0.4) is 0 Å². The molecule has 0 fully saturated rings. The van der Waals surface area contributed by atoms with Gasteiger partial charge in [-0.1, -0.05) is 152 Å². The van der Waals surface area contributed by atoms with Crippen molar-refractivity contribution in [3.63, 3.8) is 0 Å². The van der Waals surface area contributed by atoms with Crippen LogP contribution in [0.4, 0.5) is 0 Å². The topological polar surface area (TPSA) is 56.7 Å². The van der Waals surface area contributed by atoms with E-state index in [1.165, 1.54) is 36.3 Å². The fourth-order valence-corrected chi connectivity index (χ4v) is 11.1. The molecule has 0 aliphatic heterocycles. The van der Waals surface area contributed by atoms with E-state index in [2.05, 4.69) is 205 Å². The molecule has 302 valence electrons. The molecule has 65 heavy (non-hydrogen) atoms. The number of hydrogen-bond donors (Lipinski definition) is 0. The maximum absolute atomic E-state index is 7.15. The summed E-state index contributed by atoms with van der Waals surface area (Å²) in [6, 6.07) is 73.2. The maximum Gasteiger partial charge on any atom is 0.164 e. The minimum Gasteiger partial charge on any atom is -0.454 e. The Morgan fingerprint density at radius 1 is 0.369 bits per heavy atom. The molecule has 0 saturated heterocycles. The minimum atomic E-state index is 0.578. The van der Waals surface area contributed by atoms with Crippen LogP contribution in [-0.2, 0) is 0 Å². The van der Waals surface area contributed by atoms with Gasteiger partial charge in [0, 0.05) is 58.4 Å². The zero-order chi connectivity index (χ0) is 42.6. The van der Waals surface area contributed by atoms with Crippen LogP contribution in [0, 0.1) is 0 Å². The largest absolute Gasteiger partial charge is 0.454 e. The van der Waals surface area contributed by atoms with Gasteiger partial charge in [0.05, 0.1) is 16.7 Å². The van der Waals surface area contributed by atoms with Gasteiger partial charge < -0.3 is 8.98 Å². The van der Waals surface area contributed by atoms with E-state index < -0.39 is 0 Å². The van der Waals surface area contributed by atoms with Crippen molar-refractivity contribution in [2.45, 2.75) is 0 Å². The molecule has 6 heteroatoms.